The second-order valence-corrected chi connectivity index (χ2v) is 5.67. The summed E-state index contributed by atoms with van der Waals surface area (Å²) in [6.07, 6.45) is 1.66. The molecular weight excluding hydrogens is 228 g/mol. The summed E-state index contributed by atoms with van der Waals surface area (Å²) in [6, 6.07) is 0.0111. The van der Waals surface area contributed by atoms with Crippen LogP contribution in [0.1, 0.15) is 13.8 Å². The van der Waals surface area contributed by atoms with Crippen molar-refractivity contribution in [3.05, 3.63) is 0 Å². The van der Waals surface area contributed by atoms with Crippen LogP contribution in [0.3, 0.4) is 0 Å². The van der Waals surface area contributed by atoms with E-state index >= 15 is 0 Å². The molecule has 0 rings (SSSR count). The number of hydrogen-bond acceptors (Lipinski definition) is 4. The molecule has 96 valence electrons. The third-order valence-corrected chi connectivity index (χ3v) is 3.41. The van der Waals surface area contributed by atoms with Crippen LogP contribution in [0.25, 0.3) is 0 Å². The predicted molar refractivity (Wildman–Crippen MR) is 65.9 cm³/mol. The first-order chi connectivity index (χ1) is 7.47. The molecule has 0 aliphatic rings. The molecule has 0 heterocycles. The van der Waals surface area contributed by atoms with Crippen LogP contribution in [0.15, 0.2) is 0 Å². The Morgan fingerprint density at radius 3 is 2.56 bits per heavy atom. The summed E-state index contributed by atoms with van der Waals surface area (Å²) in [5.74, 6) is -0.0707. The van der Waals surface area contributed by atoms with Crippen LogP contribution < -0.4 is 10.6 Å². The topological polar surface area (TPSA) is 67.4 Å². The van der Waals surface area contributed by atoms with Crippen LogP contribution in [0.5, 0.6) is 0 Å². The number of ether oxygens (including phenoxy) is 1. The number of carbonyl (C=O) groups excluding carboxylic acids is 1. The fourth-order valence-electron chi connectivity index (χ4n) is 1.12. The summed E-state index contributed by atoms with van der Waals surface area (Å²) in [5, 5.41) is 5.81. The van der Waals surface area contributed by atoms with Crippen molar-refractivity contribution in [1.82, 2.24) is 10.6 Å². The first kappa shape index (κ1) is 15.5. The van der Waals surface area contributed by atoms with Gasteiger partial charge in [-0.15, -0.1) is 0 Å². The molecule has 0 fully saturated rings. The SMILES string of the molecule is COCC(C)NC(=O)CNCC(C)S(C)=O. The molecule has 16 heavy (non-hydrogen) atoms. The van der Waals surface area contributed by atoms with E-state index in [2.05, 4.69) is 10.6 Å². The van der Waals surface area contributed by atoms with Crippen LogP contribution in [-0.2, 0) is 20.3 Å². The Balaban J connectivity index is 3.62. The Hall–Kier alpha value is -0.460. The Kier molecular flexibility index (Phi) is 8.42. The third kappa shape index (κ3) is 7.78. The highest BCUT2D eigenvalue weighted by Crippen LogP contribution is 1.89. The number of amides is 1. The second-order valence-electron chi connectivity index (χ2n) is 3.86. The monoisotopic (exact) mass is 250 g/mol. The molecule has 0 saturated carbocycles. The standard InChI is InChI=1S/C10H22N2O3S/c1-8(7-15-3)12-10(13)6-11-5-9(2)16(4)14/h8-9,11H,5-7H2,1-4H3,(H,12,13). The minimum Gasteiger partial charge on any atom is -0.383 e. The zero-order valence-corrected chi connectivity index (χ0v) is 11.2. The zero-order valence-electron chi connectivity index (χ0n) is 10.4. The van der Waals surface area contributed by atoms with Gasteiger partial charge in [-0.25, -0.2) is 0 Å². The van der Waals surface area contributed by atoms with Gasteiger partial charge in [0.1, 0.15) is 0 Å². The van der Waals surface area contributed by atoms with E-state index in [9.17, 15) is 9.00 Å². The predicted octanol–water partition coefficient (Wildman–Crippen LogP) is -0.506. The van der Waals surface area contributed by atoms with Crippen molar-refractivity contribution in [1.29, 1.82) is 0 Å². The van der Waals surface area contributed by atoms with Gasteiger partial charge >= 0.3 is 0 Å². The van der Waals surface area contributed by atoms with E-state index in [-0.39, 0.29) is 23.7 Å². The van der Waals surface area contributed by atoms with E-state index in [0.29, 0.717) is 13.2 Å². The largest absolute Gasteiger partial charge is 0.383 e. The fraction of sp³-hybridized carbons (Fsp3) is 0.900. The lowest BCUT2D eigenvalue weighted by atomic mass is 10.3. The Morgan fingerprint density at radius 2 is 2.06 bits per heavy atom. The lowest BCUT2D eigenvalue weighted by molar-refractivity contribution is -0.121. The molecule has 0 aliphatic heterocycles. The van der Waals surface area contributed by atoms with Crippen LogP contribution in [0, 0.1) is 0 Å². The van der Waals surface area contributed by atoms with Gasteiger partial charge in [0, 0.05) is 42.0 Å². The first-order valence-corrected chi connectivity index (χ1v) is 6.90. The number of nitrogens with one attached hydrogen (secondary N) is 2. The summed E-state index contributed by atoms with van der Waals surface area (Å²) in [4.78, 5) is 11.4. The normalized spacial score (nSPS) is 16.5. The molecule has 5 nitrogen and oxygen atoms in total. The molecule has 0 aromatic carbocycles. The first-order valence-electron chi connectivity index (χ1n) is 5.28. The number of hydrogen-bond donors (Lipinski definition) is 2. The summed E-state index contributed by atoms with van der Waals surface area (Å²) in [6.45, 7) is 5.09. The zero-order chi connectivity index (χ0) is 12.6. The van der Waals surface area contributed by atoms with Crippen molar-refractivity contribution in [2.24, 2.45) is 0 Å². The van der Waals surface area contributed by atoms with Gasteiger partial charge in [-0.3, -0.25) is 9.00 Å². The molecule has 1 amide bonds. The quantitative estimate of drug-likeness (QED) is 0.609. The van der Waals surface area contributed by atoms with Gasteiger partial charge in [0.25, 0.3) is 0 Å². The Labute approximate surface area is 99.8 Å². The highest BCUT2D eigenvalue weighted by Gasteiger charge is 2.08. The lowest BCUT2D eigenvalue weighted by Crippen LogP contribution is -2.42. The van der Waals surface area contributed by atoms with E-state index in [0.717, 1.165) is 0 Å². The van der Waals surface area contributed by atoms with Crippen LogP contribution in [0.4, 0.5) is 0 Å². The maximum atomic E-state index is 11.4. The van der Waals surface area contributed by atoms with Gasteiger partial charge in [0.2, 0.25) is 5.91 Å². The van der Waals surface area contributed by atoms with Crippen molar-refractivity contribution in [2.75, 3.05) is 33.1 Å². The molecule has 0 spiro atoms. The maximum absolute atomic E-state index is 11.4. The van der Waals surface area contributed by atoms with Gasteiger partial charge in [-0.05, 0) is 13.8 Å². The minimum atomic E-state index is -0.853. The Morgan fingerprint density at radius 1 is 1.44 bits per heavy atom. The molecule has 0 saturated heterocycles. The molecular formula is C10H22N2O3S. The van der Waals surface area contributed by atoms with Crippen LogP contribution in [0.2, 0.25) is 0 Å². The molecule has 0 radical (unpaired) electrons. The molecule has 0 aromatic heterocycles. The number of carbonyl (C=O) groups is 1. The molecule has 3 atom stereocenters. The van der Waals surface area contributed by atoms with Gasteiger partial charge in [0.05, 0.1) is 13.2 Å². The molecule has 3 unspecified atom stereocenters. The van der Waals surface area contributed by atoms with Crippen molar-refractivity contribution >= 4 is 16.7 Å². The molecule has 0 aromatic rings. The maximum Gasteiger partial charge on any atom is 0.234 e. The van der Waals surface area contributed by atoms with Crippen LogP contribution in [-0.4, -0.2) is 54.5 Å². The number of rotatable bonds is 8. The average Bonchev–Trinajstić information content (AvgIpc) is 2.17. The second kappa shape index (κ2) is 8.66. The minimum absolute atomic E-state index is 0.0111. The van der Waals surface area contributed by atoms with Crippen molar-refractivity contribution < 1.29 is 13.7 Å². The van der Waals surface area contributed by atoms with E-state index in [1.807, 2.05) is 13.8 Å². The Bertz CT molecular complexity index is 236. The van der Waals surface area contributed by atoms with Gasteiger partial charge in [-0.1, -0.05) is 0 Å². The van der Waals surface area contributed by atoms with Gasteiger partial charge in [0.15, 0.2) is 0 Å². The van der Waals surface area contributed by atoms with Crippen molar-refractivity contribution in [3.63, 3.8) is 0 Å². The summed E-state index contributed by atoms with van der Waals surface area (Å²) >= 11 is 0. The van der Waals surface area contributed by atoms with Gasteiger partial charge < -0.3 is 15.4 Å². The fourth-order valence-corrected chi connectivity index (χ4v) is 1.48. The van der Waals surface area contributed by atoms with E-state index in [4.69, 9.17) is 4.74 Å². The van der Waals surface area contributed by atoms with Crippen molar-refractivity contribution in [2.45, 2.75) is 25.1 Å². The summed E-state index contributed by atoms with van der Waals surface area (Å²) in [5.41, 5.74) is 0. The van der Waals surface area contributed by atoms with E-state index in [1.54, 1.807) is 13.4 Å². The molecule has 2 N–H and O–H groups in total. The van der Waals surface area contributed by atoms with Gasteiger partial charge in [-0.2, -0.15) is 0 Å². The van der Waals surface area contributed by atoms with E-state index < -0.39 is 10.8 Å². The van der Waals surface area contributed by atoms with Crippen LogP contribution >= 0.6 is 0 Å². The third-order valence-electron chi connectivity index (χ3n) is 2.11. The smallest absolute Gasteiger partial charge is 0.234 e. The molecule has 6 heteroatoms. The van der Waals surface area contributed by atoms with Crippen molar-refractivity contribution in [3.8, 4) is 0 Å². The highest BCUT2D eigenvalue weighted by molar-refractivity contribution is 7.84. The lowest BCUT2D eigenvalue weighted by Gasteiger charge is -2.14. The average molecular weight is 250 g/mol. The van der Waals surface area contributed by atoms with E-state index in [1.165, 1.54) is 0 Å². The molecule has 0 aliphatic carbocycles. The highest BCUT2D eigenvalue weighted by atomic mass is 32.2. The molecule has 0 bridgehead atoms. The summed E-state index contributed by atoms with van der Waals surface area (Å²) < 4.78 is 15.9. The summed E-state index contributed by atoms with van der Waals surface area (Å²) in [7, 11) is 0.743. The number of methoxy groups -OCH3 is 1.